The molecule has 6 heteroatoms. The number of fused-ring (bicyclic) bond motifs is 1. The van der Waals surface area contributed by atoms with Gasteiger partial charge in [0.2, 0.25) is 5.91 Å². The normalized spacial score (nSPS) is 10.9. The van der Waals surface area contributed by atoms with Crippen LogP contribution in [-0.4, -0.2) is 29.0 Å². The van der Waals surface area contributed by atoms with Crippen molar-refractivity contribution in [3.05, 3.63) is 35.0 Å². The average molecular weight is 308 g/mol. The van der Waals surface area contributed by atoms with Gasteiger partial charge in [-0.15, -0.1) is 0 Å². The summed E-state index contributed by atoms with van der Waals surface area (Å²) < 4.78 is 1.76. The number of aromatic nitrogens is 1. The summed E-state index contributed by atoms with van der Waals surface area (Å²) in [5, 5.41) is 6.74. The van der Waals surface area contributed by atoms with Gasteiger partial charge >= 0.3 is 0 Å². The van der Waals surface area contributed by atoms with Crippen molar-refractivity contribution in [1.82, 2.24) is 15.2 Å². The maximum atomic E-state index is 12.2. The number of carbonyl (C=O) groups excluding carboxylic acids is 2. The molecular formula is C15H18ClN3O2. The summed E-state index contributed by atoms with van der Waals surface area (Å²) in [5.74, 6) is -0.515. The van der Waals surface area contributed by atoms with E-state index in [2.05, 4.69) is 10.6 Å². The fraction of sp³-hybridized carbons (Fsp3) is 0.333. The maximum absolute atomic E-state index is 12.2. The lowest BCUT2D eigenvalue weighted by Crippen LogP contribution is -2.40. The quantitative estimate of drug-likeness (QED) is 0.908. The molecule has 2 N–H and O–H groups in total. The fourth-order valence-electron chi connectivity index (χ4n) is 2.17. The molecule has 2 aromatic rings. The summed E-state index contributed by atoms with van der Waals surface area (Å²) >= 11 is 6.12. The zero-order valence-corrected chi connectivity index (χ0v) is 13.0. The van der Waals surface area contributed by atoms with Crippen LogP contribution in [0.5, 0.6) is 0 Å². The lowest BCUT2D eigenvalue weighted by molar-refractivity contribution is -0.120. The third-order valence-electron chi connectivity index (χ3n) is 3.13. The van der Waals surface area contributed by atoms with Crippen molar-refractivity contribution in [2.75, 3.05) is 6.54 Å². The number of carbonyl (C=O) groups is 2. The second kappa shape index (κ2) is 6.18. The van der Waals surface area contributed by atoms with Gasteiger partial charge in [0.05, 0.1) is 6.54 Å². The Kier molecular flexibility index (Phi) is 4.53. The largest absolute Gasteiger partial charge is 0.352 e. The molecule has 0 fully saturated rings. The molecule has 5 nitrogen and oxygen atoms in total. The van der Waals surface area contributed by atoms with Crippen LogP contribution < -0.4 is 10.6 Å². The lowest BCUT2D eigenvalue weighted by atomic mass is 10.2. The van der Waals surface area contributed by atoms with Crippen molar-refractivity contribution < 1.29 is 9.59 Å². The van der Waals surface area contributed by atoms with E-state index in [0.717, 1.165) is 10.9 Å². The van der Waals surface area contributed by atoms with Gasteiger partial charge in [-0.3, -0.25) is 9.59 Å². The standard InChI is InChI=1S/C15H18ClN3O2/c1-9(2)18-14(20)8-17-15(21)13-7-10-11(16)5-4-6-12(10)19(13)3/h4-7,9H,8H2,1-3H3,(H,17,21)(H,18,20). The van der Waals surface area contributed by atoms with Crippen LogP contribution in [0.1, 0.15) is 24.3 Å². The van der Waals surface area contributed by atoms with Gasteiger partial charge in [-0.25, -0.2) is 0 Å². The van der Waals surface area contributed by atoms with Gasteiger partial charge in [0.15, 0.2) is 0 Å². The minimum atomic E-state index is -0.302. The lowest BCUT2D eigenvalue weighted by Gasteiger charge is -2.09. The van der Waals surface area contributed by atoms with Gasteiger partial charge in [0, 0.05) is 29.0 Å². The molecule has 0 saturated carbocycles. The molecule has 0 bridgehead atoms. The predicted molar refractivity (Wildman–Crippen MR) is 83.5 cm³/mol. The fourth-order valence-corrected chi connectivity index (χ4v) is 2.39. The Morgan fingerprint density at radius 2 is 2.05 bits per heavy atom. The van der Waals surface area contributed by atoms with Crippen molar-refractivity contribution in [1.29, 1.82) is 0 Å². The molecular weight excluding hydrogens is 290 g/mol. The van der Waals surface area contributed by atoms with Gasteiger partial charge in [-0.1, -0.05) is 17.7 Å². The molecule has 0 radical (unpaired) electrons. The second-order valence-electron chi connectivity index (χ2n) is 5.17. The highest BCUT2D eigenvalue weighted by Gasteiger charge is 2.15. The zero-order chi connectivity index (χ0) is 15.6. The molecule has 0 aliphatic heterocycles. The number of aryl methyl sites for hydroxylation is 1. The van der Waals surface area contributed by atoms with Crippen LogP contribution in [0.15, 0.2) is 24.3 Å². The molecule has 2 amide bonds. The minimum Gasteiger partial charge on any atom is -0.352 e. The molecule has 0 aliphatic rings. The summed E-state index contributed by atoms with van der Waals surface area (Å²) in [6.07, 6.45) is 0. The van der Waals surface area contributed by atoms with Crippen molar-refractivity contribution in [3.8, 4) is 0 Å². The monoisotopic (exact) mass is 307 g/mol. The Labute approximate surface area is 128 Å². The number of nitrogens with zero attached hydrogens (tertiary/aromatic N) is 1. The third kappa shape index (κ3) is 3.36. The first kappa shape index (κ1) is 15.4. The van der Waals surface area contributed by atoms with E-state index < -0.39 is 0 Å². The van der Waals surface area contributed by atoms with Crippen LogP contribution >= 0.6 is 11.6 Å². The van der Waals surface area contributed by atoms with Gasteiger partial charge in [0.1, 0.15) is 5.69 Å². The van der Waals surface area contributed by atoms with E-state index in [9.17, 15) is 9.59 Å². The number of hydrogen-bond donors (Lipinski definition) is 2. The first-order valence-electron chi connectivity index (χ1n) is 6.71. The van der Waals surface area contributed by atoms with Crippen LogP contribution in [0.25, 0.3) is 10.9 Å². The highest BCUT2D eigenvalue weighted by molar-refractivity contribution is 6.35. The molecule has 1 aromatic heterocycles. The molecule has 0 aliphatic carbocycles. The van der Waals surface area contributed by atoms with E-state index >= 15 is 0 Å². The minimum absolute atomic E-state index is 0.0471. The smallest absolute Gasteiger partial charge is 0.268 e. The first-order valence-corrected chi connectivity index (χ1v) is 7.09. The topological polar surface area (TPSA) is 63.1 Å². The molecule has 2 rings (SSSR count). The van der Waals surface area contributed by atoms with Gasteiger partial charge in [0.25, 0.3) is 5.91 Å². The molecule has 0 atom stereocenters. The number of nitrogens with one attached hydrogen (secondary N) is 2. The molecule has 1 heterocycles. The van der Waals surface area contributed by atoms with Crippen molar-refractivity contribution >= 4 is 34.3 Å². The van der Waals surface area contributed by atoms with Gasteiger partial charge < -0.3 is 15.2 Å². The third-order valence-corrected chi connectivity index (χ3v) is 3.46. The Morgan fingerprint density at radius 1 is 1.33 bits per heavy atom. The Bertz CT molecular complexity index is 692. The highest BCUT2D eigenvalue weighted by atomic mass is 35.5. The van der Waals surface area contributed by atoms with Crippen molar-refractivity contribution in [2.24, 2.45) is 7.05 Å². The molecule has 1 aromatic carbocycles. The Morgan fingerprint density at radius 3 is 2.67 bits per heavy atom. The van der Waals surface area contributed by atoms with E-state index in [4.69, 9.17) is 11.6 Å². The van der Waals surface area contributed by atoms with Crippen LogP contribution in [-0.2, 0) is 11.8 Å². The number of halogens is 1. The van der Waals surface area contributed by atoms with Gasteiger partial charge in [-0.2, -0.15) is 0 Å². The van der Waals surface area contributed by atoms with E-state index in [1.165, 1.54) is 0 Å². The van der Waals surface area contributed by atoms with Crippen LogP contribution in [0.2, 0.25) is 5.02 Å². The summed E-state index contributed by atoms with van der Waals surface area (Å²) in [5.41, 5.74) is 1.34. The van der Waals surface area contributed by atoms with Crippen molar-refractivity contribution in [3.63, 3.8) is 0 Å². The predicted octanol–water partition coefficient (Wildman–Crippen LogP) is 2.09. The zero-order valence-electron chi connectivity index (χ0n) is 12.2. The van der Waals surface area contributed by atoms with Crippen LogP contribution in [0.4, 0.5) is 0 Å². The van der Waals surface area contributed by atoms with Crippen LogP contribution in [0.3, 0.4) is 0 Å². The SMILES string of the molecule is CC(C)NC(=O)CNC(=O)c1cc2c(Cl)cccc2n1C. The summed E-state index contributed by atoms with van der Waals surface area (Å²) in [6, 6.07) is 7.28. The molecule has 0 unspecified atom stereocenters. The average Bonchev–Trinajstić information content (AvgIpc) is 2.75. The summed E-state index contributed by atoms with van der Waals surface area (Å²) in [7, 11) is 1.79. The molecule has 112 valence electrons. The maximum Gasteiger partial charge on any atom is 0.268 e. The Hall–Kier alpha value is -2.01. The van der Waals surface area contributed by atoms with E-state index in [0.29, 0.717) is 10.7 Å². The number of benzene rings is 1. The molecule has 0 saturated heterocycles. The molecule has 0 spiro atoms. The highest BCUT2D eigenvalue weighted by Crippen LogP contribution is 2.26. The number of hydrogen-bond acceptors (Lipinski definition) is 2. The first-order chi connectivity index (χ1) is 9.90. The van der Waals surface area contributed by atoms with Crippen LogP contribution in [0, 0.1) is 0 Å². The van der Waals surface area contributed by atoms with Gasteiger partial charge in [-0.05, 0) is 32.0 Å². The molecule has 21 heavy (non-hydrogen) atoms. The van der Waals surface area contributed by atoms with E-state index in [-0.39, 0.29) is 24.4 Å². The summed E-state index contributed by atoms with van der Waals surface area (Å²) in [6.45, 7) is 3.68. The van der Waals surface area contributed by atoms with E-state index in [1.54, 1.807) is 23.7 Å². The van der Waals surface area contributed by atoms with Crippen molar-refractivity contribution in [2.45, 2.75) is 19.9 Å². The number of rotatable bonds is 4. The Balaban J connectivity index is 2.15. The number of amides is 2. The second-order valence-corrected chi connectivity index (χ2v) is 5.57. The summed E-state index contributed by atoms with van der Waals surface area (Å²) in [4.78, 5) is 23.7. The van der Waals surface area contributed by atoms with E-state index in [1.807, 2.05) is 26.0 Å².